The van der Waals surface area contributed by atoms with Gasteiger partial charge in [-0.25, -0.2) is 4.39 Å². The van der Waals surface area contributed by atoms with Crippen LogP contribution in [0.25, 0.3) is 0 Å². The molecule has 67 heavy (non-hydrogen) atoms. The van der Waals surface area contributed by atoms with E-state index in [1.807, 2.05) is 12.1 Å². The number of non-ortho nitro benzene ring substituents is 2. The summed E-state index contributed by atoms with van der Waals surface area (Å²) in [5.41, 5.74) is 3.33. The van der Waals surface area contributed by atoms with Crippen LogP contribution in [0.2, 0.25) is 0 Å². The molecule has 3 aliphatic carbocycles. The van der Waals surface area contributed by atoms with Crippen LogP contribution >= 0.6 is 0 Å². The normalized spacial score (nSPS) is 23.2. The summed E-state index contributed by atoms with van der Waals surface area (Å²) in [6.07, 6.45) is 9.41. The van der Waals surface area contributed by atoms with Crippen LogP contribution in [0.15, 0.2) is 120 Å². The molecule has 8 rings (SSSR count). The van der Waals surface area contributed by atoms with Gasteiger partial charge in [-0.15, -0.1) is 6.58 Å². The fourth-order valence-electron chi connectivity index (χ4n) is 10.1. The molecule has 4 aromatic carbocycles. The monoisotopic (exact) mass is 918 g/mol. The quantitative estimate of drug-likeness (QED) is 0.0330. The van der Waals surface area contributed by atoms with Gasteiger partial charge in [0.05, 0.1) is 34.1 Å². The number of ether oxygens (including phenoxy) is 3. The van der Waals surface area contributed by atoms with Crippen molar-refractivity contribution in [2.45, 2.75) is 88.7 Å². The number of aliphatic hydroxyl groups excluding tert-OH is 2. The van der Waals surface area contributed by atoms with Gasteiger partial charge in [0.25, 0.3) is 11.4 Å². The molecule has 1 aliphatic heterocycles. The fourth-order valence-corrected chi connectivity index (χ4v) is 10.1. The maximum Gasteiger partial charge on any atom is 0.273 e. The Morgan fingerprint density at radius 3 is 2.28 bits per heavy atom. The van der Waals surface area contributed by atoms with Crippen molar-refractivity contribution in [3.05, 3.63) is 158 Å². The molecule has 16 heteroatoms. The summed E-state index contributed by atoms with van der Waals surface area (Å²) >= 11 is 0. The highest BCUT2D eigenvalue weighted by molar-refractivity contribution is 6.03. The third kappa shape index (κ3) is 10.4. The van der Waals surface area contributed by atoms with Crippen molar-refractivity contribution in [2.75, 3.05) is 19.8 Å². The van der Waals surface area contributed by atoms with Crippen molar-refractivity contribution >= 4 is 23.0 Å². The molecule has 0 spiro atoms. The van der Waals surface area contributed by atoms with Gasteiger partial charge in [0.2, 0.25) is 11.7 Å². The zero-order valence-corrected chi connectivity index (χ0v) is 37.1. The predicted molar refractivity (Wildman–Crippen MR) is 246 cm³/mol. The third-order valence-electron chi connectivity index (χ3n) is 13.3. The van der Waals surface area contributed by atoms with Gasteiger partial charge in [-0.1, -0.05) is 48.3 Å². The first kappa shape index (κ1) is 47.0. The Kier molecular flexibility index (Phi) is 14.7. The number of unbranched alkanes of at least 4 members (excludes halogenated alkanes) is 2. The lowest BCUT2D eigenvalue weighted by atomic mass is 9.55. The molecular weight excluding hydrogens is 864 g/mol. The lowest BCUT2D eigenvalue weighted by Gasteiger charge is -2.60. The molecule has 4 aliphatic rings. The Balaban J connectivity index is 1.32. The van der Waals surface area contributed by atoms with E-state index in [2.05, 4.69) is 12.7 Å². The Morgan fingerprint density at radius 1 is 0.896 bits per heavy atom. The number of halogens is 1. The van der Waals surface area contributed by atoms with Gasteiger partial charge in [0, 0.05) is 61.8 Å². The predicted octanol–water partition coefficient (Wildman–Crippen LogP) is 9.71. The third-order valence-corrected chi connectivity index (χ3v) is 13.3. The lowest BCUT2D eigenvalue weighted by molar-refractivity contribution is -0.385. The summed E-state index contributed by atoms with van der Waals surface area (Å²) < 4.78 is 35.1. The fraction of sp³-hybridized carbons (Fsp3) is 0.412. The van der Waals surface area contributed by atoms with Crippen LogP contribution in [0.3, 0.4) is 0 Å². The smallest absolute Gasteiger partial charge is 0.273 e. The number of oxime groups is 1. The molecular formula is C51H55FN4O11. The molecule has 2 fully saturated rings. The maximum atomic E-state index is 14.8. The molecule has 15 nitrogen and oxygen atoms in total. The van der Waals surface area contributed by atoms with Crippen molar-refractivity contribution in [1.82, 2.24) is 4.90 Å². The number of aliphatic hydroxyl groups is 2. The topological polar surface area (TPSA) is 196 Å². The molecule has 0 unspecified atom stereocenters. The highest BCUT2D eigenvalue weighted by Gasteiger charge is 2.66. The summed E-state index contributed by atoms with van der Waals surface area (Å²) in [5.74, 6) is -2.28. The van der Waals surface area contributed by atoms with Crippen molar-refractivity contribution in [2.24, 2.45) is 28.8 Å². The molecule has 0 radical (unpaired) electrons. The van der Waals surface area contributed by atoms with E-state index < -0.39 is 33.4 Å². The summed E-state index contributed by atoms with van der Waals surface area (Å²) in [4.78, 5) is 44.9. The highest BCUT2D eigenvalue weighted by Crippen LogP contribution is 2.62. The van der Waals surface area contributed by atoms with Crippen LogP contribution in [0, 0.1) is 49.7 Å². The first-order valence-corrected chi connectivity index (χ1v) is 22.9. The Hall–Kier alpha value is -6.49. The number of amides is 1. The molecule has 352 valence electrons. The number of benzene rings is 4. The van der Waals surface area contributed by atoms with Crippen molar-refractivity contribution < 1.29 is 48.3 Å². The minimum Gasteiger partial charge on any atom is -0.459 e. The summed E-state index contributed by atoms with van der Waals surface area (Å²) in [6.45, 7) is 4.21. The maximum absolute atomic E-state index is 14.8. The minimum atomic E-state index is -1.55. The second-order valence-corrected chi connectivity index (χ2v) is 17.7. The van der Waals surface area contributed by atoms with Crippen molar-refractivity contribution in [3.63, 3.8) is 0 Å². The second kappa shape index (κ2) is 21.0. The first-order chi connectivity index (χ1) is 32.5. The molecule has 1 heterocycles. The zero-order chi connectivity index (χ0) is 47.1. The van der Waals surface area contributed by atoms with E-state index in [4.69, 9.17) is 24.2 Å². The molecule has 1 amide bonds. The largest absolute Gasteiger partial charge is 0.459 e. The Labute approximate surface area is 387 Å². The van der Waals surface area contributed by atoms with Crippen molar-refractivity contribution in [1.29, 1.82) is 0 Å². The standard InChI is InChI=1S/C51H55FN4O11/c1-2-26-64-51-47(54(50(59)35-16-17-35)31-33-12-18-37(52)19-13-33)30-45(53-65-32-34-14-20-38(21-15-34)55(60)61)43-27-36(8-3-5-24-57)42(11-4-6-25-58)48(49(43)51)44-29-41(22-23-46(44)67-51)66-40-10-7-9-39(28-40)56(62)63/h2,7,9-10,12-15,18-23,27-29,35-36,42,47-49,57-58H,1,3-6,8,11,16-17,24-26,30-32H2/t36-,42+,47-,48+,49+,51+/m0/s1. The number of carbonyl (C=O) groups excluding carboxylic acids is 1. The van der Waals surface area contributed by atoms with Crippen LogP contribution in [-0.4, -0.2) is 68.2 Å². The highest BCUT2D eigenvalue weighted by atomic mass is 19.1. The average Bonchev–Trinajstić information content (AvgIpc) is 4.18. The van der Waals surface area contributed by atoms with E-state index in [0.717, 1.165) is 24.0 Å². The van der Waals surface area contributed by atoms with E-state index in [-0.39, 0.29) is 86.1 Å². The van der Waals surface area contributed by atoms with Crippen molar-refractivity contribution in [3.8, 4) is 17.2 Å². The summed E-state index contributed by atoms with van der Waals surface area (Å²) in [6, 6.07) is 22.7. The number of hydrogen-bond acceptors (Lipinski definition) is 12. The molecule has 6 atom stereocenters. The van der Waals surface area contributed by atoms with Crippen LogP contribution in [0.4, 0.5) is 15.8 Å². The number of hydrogen-bond donors (Lipinski definition) is 2. The van der Waals surface area contributed by atoms with Gasteiger partial charge in [-0.3, -0.25) is 25.0 Å². The Bertz CT molecular complexity index is 2490. The van der Waals surface area contributed by atoms with Gasteiger partial charge in [-0.2, -0.15) is 0 Å². The van der Waals surface area contributed by atoms with Crippen LogP contribution in [0.1, 0.15) is 80.4 Å². The number of nitrogens with zero attached hydrogens (tertiary/aromatic N) is 4. The van der Waals surface area contributed by atoms with Gasteiger partial charge in [0.15, 0.2) is 0 Å². The van der Waals surface area contributed by atoms with Crippen LogP contribution < -0.4 is 9.47 Å². The van der Waals surface area contributed by atoms with Crippen LogP contribution in [-0.2, 0) is 27.5 Å². The molecule has 0 aromatic heterocycles. The second-order valence-electron chi connectivity index (χ2n) is 17.7. The number of nitro groups is 2. The first-order valence-electron chi connectivity index (χ1n) is 22.9. The number of rotatable bonds is 22. The molecule has 4 aromatic rings. The molecule has 2 N–H and O–H groups in total. The zero-order valence-electron chi connectivity index (χ0n) is 37.1. The Morgan fingerprint density at radius 2 is 1.60 bits per heavy atom. The minimum absolute atomic E-state index is 0.00661. The van der Waals surface area contributed by atoms with E-state index in [9.17, 15) is 39.6 Å². The van der Waals surface area contributed by atoms with Crippen LogP contribution in [0.5, 0.6) is 17.2 Å². The average molecular weight is 919 g/mol. The van der Waals surface area contributed by atoms with Gasteiger partial charge >= 0.3 is 0 Å². The number of allylic oxidation sites excluding steroid dienone is 1. The van der Waals surface area contributed by atoms with E-state index in [1.54, 1.807) is 53.4 Å². The lowest BCUT2D eigenvalue weighted by Crippen LogP contribution is -2.70. The van der Waals surface area contributed by atoms with E-state index in [0.29, 0.717) is 66.9 Å². The molecule has 2 saturated carbocycles. The summed E-state index contributed by atoms with van der Waals surface area (Å²) in [5, 5.41) is 47.9. The van der Waals surface area contributed by atoms with E-state index >= 15 is 0 Å². The molecule has 0 saturated heterocycles. The number of carbonyl (C=O) groups is 1. The molecule has 0 bridgehead atoms. The number of nitro benzene ring substituents is 2. The SMILES string of the molecule is C=CCO[C@@]12Oc3ccc(Oc4cccc([N+](=O)[O-])c4)cc3[C@H]3[C@H](CCCCO)[C@@H](CCCCO)C=C(C(=NOCc4ccc([N+](=O)[O-])cc4)C[C@@H]1N(Cc1ccc(F)cc1)C(=O)C1CC1)[C@H]32. The van der Waals surface area contributed by atoms with E-state index in [1.165, 1.54) is 36.4 Å². The number of fused-ring (bicyclic) bond motifs is 2. The van der Waals surface area contributed by atoms with Gasteiger partial charge < -0.3 is 34.2 Å². The summed E-state index contributed by atoms with van der Waals surface area (Å²) in [7, 11) is 0. The van der Waals surface area contributed by atoms with Gasteiger partial charge in [-0.05, 0) is 116 Å². The van der Waals surface area contributed by atoms with Gasteiger partial charge in [0.1, 0.15) is 35.7 Å².